The highest BCUT2D eigenvalue weighted by Crippen LogP contribution is 2.42. The number of aromatic nitrogens is 3. The number of ether oxygens (including phenoxy) is 2. The standard InChI is InChI=1S/C39H45ClN6O5S/c1-25-7-6-9-34(50-3)31-14-11-29(31)22-46-21-28-10-13-30(40)19-26(28)8-4-5-18-51-35-15-12-27(20-33(35)46)38(47)43-52(49,24-25)44-39(48)32-23-45(2)37-36(32)41-16-17-42-37/h6,9-10,12-13,15-17,19-20,23,25,29,31,34H,4-5,7-8,11,14,18,21-22,24H2,1-3H3,(H,43,44,47,48,49)/b9-6+/t25-,29-,31+,34-,52?/m0/s1. The molecule has 274 valence electrons. The summed E-state index contributed by atoms with van der Waals surface area (Å²) in [6.07, 6.45) is 14.1. The molecular formula is C39H45ClN6O5S. The number of rotatable bonds is 3. The van der Waals surface area contributed by atoms with Crippen molar-refractivity contribution in [2.24, 2.45) is 29.2 Å². The van der Waals surface area contributed by atoms with Crippen LogP contribution in [0.4, 0.5) is 5.69 Å². The van der Waals surface area contributed by atoms with Gasteiger partial charge in [-0.1, -0.05) is 36.7 Å². The fourth-order valence-corrected chi connectivity index (χ4v) is 9.71. The molecule has 2 amide bonds. The summed E-state index contributed by atoms with van der Waals surface area (Å²) in [6.45, 7) is 3.78. The van der Waals surface area contributed by atoms with Crippen LogP contribution in [0, 0.1) is 17.8 Å². The van der Waals surface area contributed by atoms with Crippen LogP contribution in [0.1, 0.15) is 70.9 Å². The highest BCUT2D eigenvalue weighted by molar-refractivity contribution is 7.92. The molecule has 5 atom stereocenters. The van der Waals surface area contributed by atoms with E-state index in [1.54, 1.807) is 43.3 Å². The molecule has 11 nitrogen and oxygen atoms in total. The monoisotopic (exact) mass is 744 g/mol. The van der Waals surface area contributed by atoms with Crippen LogP contribution in [0.15, 0.2) is 71.5 Å². The van der Waals surface area contributed by atoms with Gasteiger partial charge in [0.2, 0.25) is 0 Å². The molecule has 1 aliphatic carbocycles. The van der Waals surface area contributed by atoms with Gasteiger partial charge in [-0.25, -0.2) is 9.19 Å². The van der Waals surface area contributed by atoms with E-state index in [2.05, 4.69) is 48.2 Å². The molecule has 1 unspecified atom stereocenters. The summed E-state index contributed by atoms with van der Waals surface area (Å²) < 4.78 is 35.8. The second-order valence-electron chi connectivity index (χ2n) is 14.3. The lowest BCUT2D eigenvalue weighted by Gasteiger charge is -2.43. The number of amides is 2. The van der Waals surface area contributed by atoms with E-state index in [9.17, 15) is 13.8 Å². The predicted octanol–water partition coefficient (Wildman–Crippen LogP) is 6.93. The smallest absolute Gasteiger partial charge is 0.286 e. The van der Waals surface area contributed by atoms with Crippen molar-refractivity contribution in [3.05, 3.63) is 94.4 Å². The highest BCUT2D eigenvalue weighted by Gasteiger charge is 2.38. The van der Waals surface area contributed by atoms with Crippen molar-refractivity contribution in [2.75, 3.05) is 30.9 Å². The van der Waals surface area contributed by atoms with Crippen LogP contribution in [-0.4, -0.2) is 62.7 Å². The molecule has 4 aromatic rings. The van der Waals surface area contributed by atoms with Gasteiger partial charge in [0, 0.05) is 56.4 Å². The molecule has 1 saturated carbocycles. The highest BCUT2D eigenvalue weighted by atomic mass is 35.5. The molecule has 13 heteroatoms. The Bertz CT molecular complexity index is 2140. The minimum atomic E-state index is -3.61. The molecule has 0 radical (unpaired) electrons. The number of halogens is 1. The number of hydrogen-bond acceptors (Lipinski definition) is 8. The lowest BCUT2D eigenvalue weighted by Crippen LogP contribution is -2.43. The van der Waals surface area contributed by atoms with Crippen LogP contribution in [0.5, 0.6) is 5.75 Å². The van der Waals surface area contributed by atoms with Crippen LogP contribution >= 0.6 is 11.6 Å². The summed E-state index contributed by atoms with van der Waals surface area (Å²) >= 11 is 6.47. The van der Waals surface area contributed by atoms with Gasteiger partial charge in [0.1, 0.15) is 21.2 Å². The van der Waals surface area contributed by atoms with Gasteiger partial charge < -0.3 is 18.9 Å². The second-order valence-corrected chi connectivity index (χ2v) is 16.7. The first-order valence-electron chi connectivity index (χ1n) is 18.0. The van der Waals surface area contributed by atoms with Crippen molar-refractivity contribution in [3.63, 3.8) is 0 Å². The maximum absolute atomic E-state index is 14.7. The topological polar surface area (TPSA) is 128 Å². The zero-order chi connectivity index (χ0) is 36.4. The van der Waals surface area contributed by atoms with Gasteiger partial charge in [-0.3, -0.25) is 19.3 Å². The largest absolute Gasteiger partial charge is 0.491 e. The minimum Gasteiger partial charge on any atom is -0.491 e. The SMILES string of the molecule is CO[C@H]1/C=C/C[C@H](C)CS(=O)(NC(=O)c2cn(C)c3nccnc23)=NC(=O)c2ccc3c(c2)N(Cc2ccc(Cl)cc2CCCCO3)C[C@@H]2CC[C@H]21. The Balaban J connectivity index is 1.32. The van der Waals surface area contributed by atoms with Crippen molar-refractivity contribution in [2.45, 2.75) is 58.1 Å². The first-order valence-corrected chi connectivity index (χ1v) is 20.0. The summed E-state index contributed by atoms with van der Waals surface area (Å²) in [5, 5.41) is 0.708. The van der Waals surface area contributed by atoms with E-state index in [0.29, 0.717) is 53.3 Å². The second kappa shape index (κ2) is 15.4. The molecule has 3 aliphatic rings. The third-order valence-electron chi connectivity index (χ3n) is 10.5. The molecule has 4 heterocycles. The van der Waals surface area contributed by atoms with E-state index in [0.717, 1.165) is 44.3 Å². The Labute approximate surface area is 310 Å². The van der Waals surface area contributed by atoms with E-state index in [1.807, 2.05) is 19.1 Å². The zero-order valence-corrected chi connectivity index (χ0v) is 31.4. The van der Waals surface area contributed by atoms with Gasteiger partial charge in [-0.2, -0.15) is 0 Å². The Hall–Kier alpha value is -4.26. The van der Waals surface area contributed by atoms with Crippen molar-refractivity contribution in [1.29, 1.82) is 0 Å². The number of aryl methyl sites for hydroxylation is 2. The molecule has 2 aliphatic heterocycles. The van der Waals surface area contributed by atoms with E-state index in [-0.39, 0.29) is 28.9 Å². The van der Waals surface area contributed by atoms with Crippen molar-refractivity contribution in [3.8, 4) is 5.75 Å². The molecular weight excluding hydrogens is 700 g/mol. The maximum Gasteiger partial charge on any atom is 0.286 e. The average molecular weight is 745 g/mol. The van der Waals surface area contributed by atoms with Crippen molar-refractivity contribution >= 4 is 50.2 Å². The normalized spacial score (nSPS) is 26.1. The molecule has 1 fully saturated rings. The summed E-state index contributed by atoms with van der Waals surface area (Å²) in [7, 11) is -0.103. The van der Waals surface area contributed by atoms with Crippen LogP contribution < -0.4 is 14.4 Å². The number of nitrogens with zero attached hydrogens (tertiary/aromatic N) is 5. The average Bonchev–Trinajstić information content (AvgIpc) is 3.44. The van der Waals surface area contributed by atoms with Gasteiger partial charge in [0.15, 0.2) is 5.65 Å². The minimum absolute atomic E-state index is 0.0332. The number of anilines is 1. The van der Waals surface area contributed by atoms with Crippen molar-refractivity contribution in [1.82, 2.24) is 19.3 Å². The summed E-state index contributed by atoms with van der Waals surface area (Å²) in [6, 6.07) is 11.4. The predicted molar refractivity (Wildman–Crippen MR) is 203 cm³/mol. The molecule has 2 aromatic heterocycles. The Morgan fingerprint density at radius 1 is 1.10 bits per heavy atom. The summed E-state index contributed by atoms with van der Waals surface area (Å²) in [5.41, 5.74) is 4.48. The first-order chi connectivity index (χ1) is 25.1. The number of nitrogens with one attached hydrogen (secondary N) is 1. The number of fused-ring (bicyclic) bond motifs is 4. The summed E-state index contributed by atoms with van der Waals surface area (Å²) in [4.78, 5) is 38.8. The number of allylic oxidation sites excluding steroid dienone is 1. The zero-order valence-electron chi connectivity index (χ0n) is 29.8. The van der Waals surface area contributed by atoms with Crippen LogP contribution in [0.25, 0.3) is 11.2 Å². The third kappa shape index (κ3) is 7.74. The lowest BCUT2D eigenvalue weighted by molar-refractivity contribution is 0.0133. The summed E-state index contributed by atoms with van der Waals surface area (Å²) in [5.74, 6) is -0.194. The molecule has 7 rings (SSSR count). The molecule has 52 heavy (non-hydrogen) atoms. The lowest BCUT2D eigenvalue weighted by atomic mass is 9.70. The molecule has 2 aromatic carbocycles. The maximum atomic E-state index is 14.7. The number of hydrogen-bond donors (Lipinski definition) is 1. The number of methoxy groups -OCH3 is 1. The fourth-order valence-electron chi connectivity index (χ4n) is 7.64. The number of carbonyl (C=O) groups is 2. The van der Waals surface area contributed by atoms with E-state index >= 15 is 0 Å². The third-order valence-corrected chi connectivity index (χ3v) is 12.7. The van der Waals surface area contributed by atoms with E-state index in [4.69, 9.17) is 21.1 Å². The van der Waals surface area contributed by atoms with Gasteiger partial charge in [0.05, 0.1) is 29.7 Å². The number of carbonyl (C=O) groups excluding carboxylic acids is 2. The fraction of sp³-hybridized carbons (Fsp3) is 0.436. The Kier molecular flexibility index (Phi) is 10.7. The molecule has 0 saturated heterocycles. The van der Waals surface area contributed by atoms with Crippen LogP contribution in [-0.2, 0) is 34.7 Å². The number of benzene rings is 2. The Morgan fingerprint density at radius 3 is 2.75 bits per heavy atom. The van der Waals surface area contributed by atoms with Gasteiger partial charge in [0.25, 0.3) is 11.8 Å². The van der Waals surface area contributed by atoms with Gasteiger partial charge >= 0.3 is 0 Å². The quantitative estimate of drug-likeness (QED) is 0.224. The first kappa shape index (κ1) is 36.1. The van der Waals surface area contributed by atoms with E-state index < -0.39 is 21.7 Å². The van der Waals surface area contributed by atoms with Crippen molar-refractivity contribution < 1.29 is 23.3 Å². The van der Waals surface area contributed by atoms with Gasteiger partial charge in [-0.15, -0.1) is 4.36 Å². The van der Waals surface area contributed by atoms with Crippen LogP contribution in [0.3, 0.4) is 0 Å². The molecule has 0 spiro atoms. The molecule has 2 bridgehead atoms. The Morgan fingerprint density at radius 2 is 1.94 bits per heavy atom. The van der Waals surface area contributed by atoms with E-state index in [1.165, 1.54) is 17.3 Å². The molecule has 1 N–H and O–H groups in total. The van der Waals surface area contributed by atoms with Gasteiger partial charge in [-0.05, 0) is 97.7 Å². The van der Waals surface area contributed by atoms with Crippen LogP contribution in [0.2, 0.25) is 5.02 Å².